The van der Waals surface area contributed by atoms with Crippen molar-refractivity contribution in [3.8, 4) is 0 Å². The molecule has 0 radical (unpaired) electrons. The molecule has 25 heavy (non-hydrogen) atoms. The van der Waals surface area contributed by atoms with Gasteiger partial charge < -0.3 is 15.4 Å². The standard InChI is InChI=1S/C19H29FN4O/c1-21-19(23-17-7-2-3-8-17)22-14-18(24-9-11-25-12-10-24)15-5-4-6-16(20)13-15/h4-6,13,17-18H,2-3,7-12,14H2,1H3,(H2,21,22,23). The molecular formula is C19H29FN4O. The number of benzene rings is 1. The molecule has 0 amide bonds. The largest absolute Gasteiger partial charge is 0.379 e. The molecule has 1 saturated heterocycles. The second kappa shape index (κ2) is 9.15. The molecule has 2 N–H and O–H groups in total. The fraction of sp³-hybridized carbons (Fsp3) is 0.632. The summed E-state index contributed by atoms with van der Waals surface area (Å²) in [5.74, 6) is 0.644. The second-order valence-corrected chi connectivity index (χ2v) is 6.80. The average Bonchev–Trinajstić information content (AvgIpc) is 3.15. The van der Waals surface area contributed by atoms with Gasteiger partial charge >= 0.3 is 0 Å². The number of morpholine rings is 1. The van der Waals surface area contributed by atoms with E-state index in [-0.39, 0.29) is 11.9 Å². The predicted octanol–water partition coefficient (Wildman–Crippen LogP) is 2.31. The van der Waals surface area contributed by atoms with E-state index < -0.39 is 0 Å². The Morgan fingerprint density at radius 1 is 1.32 bits per heavy atom. The molecule has 1 unspecified atom stereocenters. The molecule has 0 bridgehead atoms. The van der Waals surface area contributed by atoms with Crippen molar-refractivity contribution in [2.45, 2.75) is 37.8 Å². The van der Waals surface area contributed by atoms with E-state index in [1.807, 2.05) is 6.07 Å². The maximum Gasteiger partial charge on any atom is 0.191 e. The van der Waals surface area contributed by atoms with Gasteiger partial charge in [-0.05, 0) is 30.5 Å². The molecule has 1 aliphatic carbocycles. The summed E-state index contributed by atoms with van der Waals surface area (Å²) in [7, 11) is 1.80. The van der Waals surface area contributed by atoms with Crippen molar-refractivity contribution in [2.75, 3.05) is 39.9 Å². The van der Waals surface area contributed by atoms with Crippen LogP contribution < -0.4 is 10.6 Å². The van der Waals surface area contributed by atoms with Gasteiger partial charge in [0.15, 0.2) is 5.96 Å². The Bertz CT molecular complexity index is 568. The van der Waals surface area contributed by atoms with E-state index in [0.717, 1.165) is 37.8 Å². The van der Waals surface area contributed by atoms with E-state index in [9.17, 15) is 4.39 Å². The SMILES string of the molecule is CN=C(NCC(c1cccc(F)c1)N1CCOCC1)NC1CCCC1. The minimum Gasteiger partial charge on any atom is -0.379 e. The van der Waals surface area contributed by atoms with Crippen LogP contribution in [0.15, 0.2) is 29.3 Å². The van der Waals surface area contributed by atoms with E-state index in [2.05, 4.69) is 20.5 Å². The summed E-state index contributed by atoms with van der Waals surface area (Å²) in [5, 5.41) is 6.95. The monoisotopic (exact) mass is 348 g/mol. The van der Waals surface area contributed by atoms with Crippen LogP contribution in [-0.2, 0) is 4.74 Å². The summed E-state index contributed by atoms with van der Waals surface area (Å²) in [6, 6.07) is 7.52. The smallest absolute Gasteiger partial charge is 0.191 e. The van der Waals surface area contributed by atoms with Crippen molar-refractivity contribution < 1.29 is 9.13 Å². The highest BCUT2D eigenvalue weighted by atomic mass is 19.1. The number of aliphatic imine (C=N–C) groups is 1. The Hall–Kier alpha value is -1.66. The zero-order chi connectivity index (χ0) is 17.5. The van der Waals surface area contributed by atoms with E-state index in [1.54, 1.807) is 19.2 Å². The Morgan fingerprint density at radius 3 is 2.76 bits per heavy atom. The van der Waals surface area contributed by atoms with Crippen molar-refractivity contribution in [1.82, 2.24) is 15.5 Å². The summed E-state index contributed by atoms with van der Waals surface area (Å²) >= 11 is 0. The molecular weight excluding hydrogens is 319 g/mol. The third-order valence-electron chi connectivity index (χ3n) is 5.10. The fourth-order valence-electron chi connectivity index (χ4n) is 3.71. The Balaban J connectivity index is 1.66. The summed E-state index contributed by atoms with van der Waals surface area (Å²) in [6.07, 6.45) is 4.98. The van der Waals surface area contributed by atoms with Crippen LogP contribution in [0.3, 0.4) is 0 Å². The molecule has 0 aromatic heterocycles. The molecule has 138 valence electrons. The summed E-state index contributed by atoms with van der Waals surface area (Å²) in [4.78, 5) is 6.71. The van der Waals surface area contributed by atoms with Gasteiger partial charge in [0.1, 0.15) is 5.82 Å². The number of hydrogen-bond acceptors (Lipinski definition) is 3. The van der Waals surface area contributed by atoms with Gasteiger partial charge in [0.05, 0.1) is 19.3 Å². The number of halogens is 1. The first kappa shape index (κ1) is 18.1. The first-order valence-electron chi connectivity index (χ1n) is 9.30. The van der Waals surface area contributed by atoms with E-state index in [1.165, 1.54) is 31.7 Å². The Labute approximate surface area is 149 Å². The molecule has 3 rings (SSSR count). The van der Waals surface area contributed by atoms with Crippen LogP contribution in [0.25, 0.3) is 0 Å². The molecule has 1 saturated carbocycles. The van der Waals surface area contributed by atoms with Gasteiger partial charge in [-0.15, -0.1) is 0 Å². The van der Waals surface area contributed by atoms with Crippen LogP contribution >= 0.6 is 0 Å². The number of guanidine groups is 1. The lowest BCUT2D eigenvalue weighted by molar-refractivity contribution is 0.0169. The van der Waals surface area contributed by atoms with Gasteiger partial charge in [-0.25, -0.2) is 4.39 Å². The van der Waals surface area contributed by atoms with Crippen molar-refractivity contribution in [2.24, 2.45) is 4.99 Å². The van der Waals surface area contributed by atoms with Gasteiger partial charge in [0, 0.05) is 32.7 Å². The number of rotatable bonds is 5. The molecule has 1 aromatic carbocycles. The topological polar surface area (TPSA) is 48.9 Å². The minimum absolute atomic E-state index is 0.0988. The van der Waals surface area contributed by atoms with Crippen LogP contribution in [0.1, 0.15) is 37.3 Å². The second-order valence-electron chi connectivity index (χ2n) is 6.80. The Kier molecular flexibility index (Phi) is 6.64. The van der Waals surface area contributed by atoms with Crippen molar-refractivity contribution in [3.63, 3.8) is 0 Å². The quantitative estimate of drug-likeness (QED) is 0.633. The highest BCUT2D eigenvalue weighted by Crippen LogP contribution is 2.22. The number of nitrogens with zero attached hydrogens (tertiary/aromatic N) is 2. The first-order valence-corrected chi connectivity index (χ1v) is 9.30. The molecule has 0 spiro atoms. The van der Waals surface area contributed by atoms with E-state index in [4.69, 9.17) is 4.74 Å². The van der Waals surface area contributed by atoms with Crippen molar-refractivity contribution in [3.05, 3.63) is 35.6 Å². The summed E-state index contributed by atoms with van der Waals surface area (Å²) in [5.41, 5.74) is 0.991. The molecule has 6 heteroatoms. The molecule has 1 aliphatic heterocycles. The zero-order valence-corrected chi connectivity index (χ0v) is 15.0. The number of hydrogen-bond donors (Lipinski definition) is 2. The third-order valence-corrected chi connectivity index (χ3v) is 5.10. The molecule has 1 heterocycles. The van der Waals surface area contributed by atoms with Crippen LogP contribution in [0.2, 0.25) is 0 Å². The highest BCUT2D eigenvalue weighted by Gasteiger charge is 2.24. The van der Waals surface area contributed by atoms with Crippen LogP contribution in [0.4, 0.5) is 4.39 Å². The van der Waals surface area contributed by atoms with Crippen LogP contribution in [0.5, 0.6) is 0 Å². The maximum absolute atomic E-state index is 13.7. The van der Waals surface area contributed by atoms with Crippen LogP contribution in [0, 0.1) is 5.82 Å². The lowest BCUT2D eigenvalue weighted by Crippen LogP contribution is -2.48. The van der Waals surface area contributed by atoms with Gasteiger partial charge in [0.2, 0.25) is 0 Å². The van der Waals surface area contributed by atoms with Crippen molar-refractivity contribution >= 4 is 5.96 Å². The normalized spacial score (nSPS) is 21.3. The lowest BCUT2D eigenvalue weighted by Gasteiger charge is -2.35. The predicted molar refractivity (Wildman–Crippen MR) is 98.3 cm³/mol. The van der Waals surface area contributed by atoms with Gasteiger partial charge in [-0.1, -0.05) is 25.0 Å². The van der Waals surface area contributed by atoms with Gasteiger partial charge in [-0.2, -0.15) is 0 Å². The number of nitrogens with one attached hydrogen (secondary N) is 2. The van der Waals surface area contributed by atoms with E-state index >= 15 is 0 Å². The van der Waals surface area contributed by atoms with E-state index in [0.29, 0.717) is 12.6 Å². The number of ether oxygens (including phenoxy) is 1. The summed E-state index contributed by atoms with van der Waals surface area (Å²) in [6.45, 7) is 3.85. The Morgan fingerprint density at radius 2 is 2.08 bits per heavy atom. The summed E-state index contributed by atoms with van der Waals surface area (Å²) < 4.78 is 19.2. The molecule has 1 aromatic rings. The average molecular weight is 348 g/mol. The fourth-order valence-corrected chi connectivity index (χ4v) is 3.71. The zero-order valence-electron chi connectivity index (χ0n) is 15.0. The third kappa shape index (κ3) is 5.16. The van der Waals surface area contributed by atoms with Crippen LogP contribution in [-0.4, -0.2) is 56.8 Å². The lowest BCUT2D eigenvalue weighted by atomic mass is 10.0. The maximum atomic E-state index is 13.7. The van der Waals surface area contributed by atoms with Gasteiger partial charge in [0.25, 0.3) is 0 Å². The first-order chi connectivity index (χ1) is 12.3. The molecule has 2 fully saturated rings. The molecule has 2 aliphatic rings. The van der Waals surface area contributed by atoms with Crippen molar-refractivity contribution in [1.29, 1.82) is 0 Å². The molecule has 5 nitrogen and oxygen atoms in total. The minimum atomic E-state index is -0.191. The molecule has 1 atom stereocenters. The highest BCUT2D eigenvalue weighted by molar-refractivity contribution is 5.80. The van der Waals surface area contributed by atoms with Gasteiger partial charge in [-0.3, -0.25) is 9.89 Å².